The van der Waals surface area contributed by atoms with E-state index >= 15 is 0 Å². The van der Waals surface area contributed by atoms with Crippen molar-refractivity contribution in [2.75, 3.05) is 10.6 Å². The van der Waals surface area contributed by atoms with Gasteiger partial charge in [0.05, 0.1) is 22.9 Å². The highest BCUT2D eigenvalue weighted by Crippen LogP contribution is 2.21. The molecule has 0 aliphatic rings. The Bertz CT molecular complexity index is 757. The second-order valence-corrected chi connectivity index (χ2v) is 4.99. The molecular formula is C15H9BrN4O. The van der Waals surface area contributed by atoms with Crippen LogP contribution in [-0.4, -0.2) is 6.03 Å². The van der Waals surface area contributed by atoms with E-state index in [4.69, 9.17) is 10.5 Å². The summed E-state index contributed by atoms with van der Waals surface area (Å²) in [5, 5.41) is 22.9. The Balaban J connectivity index is 2.10. The van der Waals surface area contributed by atoms with Crippen LogP contribution in [0.15, 0.2) is 46.9 Å². The van der Waals surface area contributed by atoms with Gasteiger partial charge in [-0.05, 0) is 42.5 Å². The minimum atomic E-state index is -0.464. The summed E-state index contributed by atoms with van der Waals surface area (Å²) in [5.41, 5.74) is 1.85. The monoisotopic (exact) mass is 340 g/mol. The predicted molar refractivity (Wildman–Crippen MR) is 82.7 cm³/mol. The highest BCUT2D eigenvalue weighted by molar-refractivity contribution is 9.10. The van der Waals surface area contributed by atoms with Crippen molar-refractivity contribution in [1.82, 2.24) is 0 Å². The largest absolute Gasteiger partial charge is 0.323 e. The van der Waals surface area contributed by atoms with Crippen molar-refractivity contribution in [1.29, 1.82) is 10.5 Å². The molecule has 2 N–H and O–H groups in total. The summed E-state index contributed by atoms with van der Waals surface area (Å²) in [6, 6.07) is 15.0. The molecule has 2 amide bonds. The summed E-state index contributed by atoms with van der Waals surface area (Å²) in [6.45, 7) is 0. The average Bonchev–Trinajstić information content (AvgIpc) is 2.48. The Morgan fingerprint density at radius 1 is 1.00 bits per heavy atom. The molecule has 0 bridgehead atoms. The Labute approximate surface area is 129 Å². The molecule has 0 atom stereocenters. The highest BCUT2D eigenvalue weighted by atomic mass is 79.9. The number of nitrogens with one attached hydrogen (secondary N) is 2. The molecular weight excluding hydrogens is 332 g/mol. The van der Waals surface area contributed by atoms with Crippen molar-refractivity contribution in [3.05, 3.63) is 58.1 Å². The highest BCUT2D eigenvalue weighted by Gasteiger charge is 2.07. The molecule has 102 valence electrons. The van der Waals surface area contributed by atoms with Crippen molar-refractivity contribution in [3.8, 4) is 12.1 Å². The van der Waals surface area contributed by atoms with E-state index in [0.717, 1.165) is 4.47 Å². The zero-order valence-electron chi connectivity index (χ0n) is 10.7. The first kappa shape index (κ1) is 14.6. The second kappa shape index (κ2) is 6.56. The third-order valence-corrected chi connectivity index (χ3v) is 3.12. The van der Waals surface area contributed by atoms with Crippen LogP contribution >= 0.6 is 15.9 Å². The summed E-state index contributed by atoms with van der Waals surface area (Å²) >= 11 is 3.29. The summed E-state index contributed by atoms with van der Waals surface area (Å²) in [5.74, 6) is 0. The van der Waals surface area contributed by atoms with Crippen molar-refractivity contribution < 1.29 is 4.79 Å². The van der Waals surface area contributed by atoms with Crippen LogP contribution < -0.4 is 10.6 Å². The number of anilines is 2. The van der Waals surface area contributed by atoms with Gasteiger partial charge in [-0.1, -0.05) is 15.9 Å². The predicted octanol–water partition coefficient (Wildman–Crippen LogP) is 3.84. The van der Waals surface area contributed by atoms with Crippen LogP contribution in [0.3, 0.4) is 0 Å². The number of urea groups is 1. The van der Waals surface area contributed by atoms with Crippen LogP contribution in [0.1, 0.15) is 11.1 Å². The first-order valence-corrected chi connectivity index (χ1v) is 6.69. The zero-order valence-corrected chi connectivity index (χ0v) is 12.3. The van der Waals surface area contributed by atoms with E-state index in [0.29, 0.717) is 22.5 Å². The standard InChI is InChI=1S/C15H9BrN4O/c16-12-4-3-11(9-18)14(7-12)20-15(21)19-13-5-1-10(8-17)2-6-13/h1-7H,(H2,19,20,21). The molecule has 0 heterocycles. The number of rotatable bonds is 2. The molecule has 0 aliphatic carbocycles. The van der Waals surface area contributed by atoms with E-state index in [1.54, 1.807) is 42.5 Å². The number of hydrogen-bond acceptors (Lipinski definition) is 3. The Hall–Kier alpha value is -2.83. The fraction of sp³-hybridized carbons (Fsp3) is 0. The molecule has 0 aromatic heterocycles. The topological polar surface area (TPSA) is 88.7 Å². The maximum atomic E-state index is 11.9. The maximum Gasteiger partial charge on any atom is 0.323 e. The van der Waals surface area contributed by atoms with Gasteiger partial charge in [-0.15, -0.1) is 0 Å². The molecule has 2 aromatic carbocycles. The number of carbonyl (C=O) groups is 1. The van der Waals surface area contributed by atoms with Crippen LogP contribution in [0.5, 0.6) is 0 Å². The fourth-order valence-corrected chi connectivity index (χ4v) is 1.99. The lowest BCUT2D eigenvalue weighted by atomic mass is 10.2. The number of hydrogen-bond donors (Lipinski definition) is 2. The third-order valence-electron chi connectivity index (χ3n) is 2.62. The molecule has 6 heteroatoms. The molecule has 21 heavy (non-hydrogen) atoms. The lowest BCUT2D eigenvalue weighted by Gasteiger charge is -2.09. The van der Waals surface area contributed by atoms with Crippen molar-refractivity contribution in [2.24, 2.45) is 0 Å². The van der Waals surface area contributed by atoms with Gasteiger partial charge in [0.1, 0.15) is 6.07 Å². The Morgan fingerprint density at radius 2 is 1.71 bits per heavy atom. The van der Waals surface area contributed by atoms with Gasteiger partial charge in [0.15, 0.2) is 0 Å². The number of carbonyl (C=O) groups excluding carboxylic acids is 1. The van der Waals surface area contributed by atoms with Gasteiger partial charge < -0.3 is 10.6 Å². The lowest BCUT2D eigenvalue weighted by Crippen LogP contribution is -2.20. The van der Waals surface area contributed by atoms with E-state index < -0.39 is 6.03 Å². The minimum Gasteiger partial charge on any atom is -0.308 e. The van der Waals surface area contributed by atoms with Crippen LogP contribution in [-0.2, 0) is 0 Å². The van der Waals surface area contributed by atoms with Crippen LogP contribution in [0.2, 0.25) is 0 Å². The van der Waals surface area contributed by atoms with Crippen molar-refractivity contribution in [2.45, 2.75) is 0 Å². The first-order chi connectivity index (χ1) is 10.1. The fourth-order valence-electron chi connectivity index (χ4n) is 1.63. The van der Waals surface area contributed by atoms with E-state index in [1.165, 1.54) is 0 Å². The van der Waals surface area contributed by atoms with Crippen LogP contribution in [0.4, 0.5) is 16.2 Å². The third kappa shape index (κ3) is 3.82. The van der Waals surface area contributed by atoms with E-state index in [9.17, 15) is 4.79 Å². The van der Waals surface area contributed by atoms with Crippen LogP contribution in [0, 0.1) is 22.7 Å². The number of nitrogens with zero attached hydrogens (tertiary/aromatic N) is 2. The second-order valence-electron chi connectivity index (χ2n) is 4.07. The molecule has 2 aromatic rings. The van der Waals surface area contributed by atoms with E-state index in [2.05, 4.69) is 26.6 Å². The first-order valence-electron chi connectivity index (χ1n) is 5.90. The molecule has 0 aliphatic heterocycles. The van der Waals surface area contributed by atoms with Gasteiger partial charge in [0.25, 0.3) is 0 Å². The number of nitriles is 2. The van der Waals surface area contributed by atoms with Gasteiger partial charge in [-0.2, -0.15) is 10.5 Å². The van der Waals surface area contributed by atoms with Gasteiger partial charge in [0.2, 0.25) is 0 Å². The molecule has 5 nitrogen and oxygen atoms in total. The lowest BCUT2D eigenvalue weighted by molar-refractivity contribution is 0.262. The molecule has 0 unspecified atom stereocenters. The molecule has 0 fully saturated rings. The number of halogens is 1. The Morgan fingerprint density at radius 3 is 2.33 bits per heavy atom. The normalized spacial score (nSPS) is 9.29. The Kier molecular flexibility index (Phi) is 4.55. The van der Waals surface area contributed by atoms with Crippen molar-refractivity contribution >= 4 is 33.3 Å². The smallest absolute Gasteiger partial charge is 0.308 e. The van der Waals surface area contributed by atoms with Crippen molar-refractivity contribution in [3.63, 3.8) is 0 Å². The van der Waals surface area contributed by atoms with Gasteiger partial charge in [-0.3, -0.25) is 0 Å². The minimum absolute atomic E-state index is 0.369. The molecule has 0 radical (unpaired) electrons. The van der Waals surface area contributed by atoms with Gasteiger partial charge >= 0.3 is 6.03 Å². The van der Waals surface area contributed by atoms with E-state index in [-0.39, 0.29) is 0 Å². The molecule has 0 saturated heterocycles. The van der Waals surface area contributed by atoms with Gasteiger partial charge in [0, 0.05) is 10.2 Å². The van der Waals surface area contributed by atoms with Crippen LogP contribution in [0.25, 0.3) is 0 Å². The molecule has 0 saturated carbocycles. The van der Waals surface area contributed by atoms with Gasteiger partial charge in [-0.25, -0.2) is 4.79 Å². The summed E-state index contributed by atoms with van der Waals surface area (Å²) in [4.78, 5) is 11.9. The maximum absolute atomic E-state index is 11.9. The quantitative estimate of drug-likeness (QED) is 0.870. The molecule has 2 rings (SSSR count). The summed E-state index contributed by atoms with van der Waals surface area (Å²) < 4.78 is 0.759. The average molecular weight is 341 g/mol. The van der Waals surface area contributed by atoms with E-state index in [1.807, 2.05) is 12.1 Å². The number of benzene rings is 2. The molecule has 0 spiro atoms. The summed E-state index contributed by atoms with van der Waals surface area (Å²) in [6.07, 6.45) is 0. The zero-order chi connectivity index (χ0) is 15.2. The SMILES string of the molecule is N#Cc1ccc(NC(=O)Nc2cc(Br)ccc2C#N)cc1. The number of amides is 2. The summed E-state index contributed by atoms with van der Waals surface area (Å²) in [7, 11) is 0.